The zero-order valence-corrected chi connectivity index (χ0v) is 18.2. The van der Waals surface area contributed by atoms with Crippen molar-refractivity contribution in [1.29, 1.82) is 0 Å². The average molecular weight is 441 g/mol. The fraction of sp³-hybridized carbons (Fsp3) is 0.417. The van der Waals surface area contributed by atoms with Crippen LogP contribution in [0, 0.1) is 0 Å². The molecule has 2 aliphatic heterocycles. The molecular formula is C24H28N2O4S. The van der Waals surface area contributed by atoms with Crippen molar-refractivity contribution in [3.63, 3.8) is 0 Å². The lowest BCUT2D eigenvalue weighted by molar-refractivity contribution is -0.137. The lowest BCUT2D eigenvalue weighted by atomic mass is 9.98. The van der Waals surface area contributed by atoms with Crippen molar-refractivity contribution in [3.05, 3.63) is 71.8 Å². The van der Waals surface area contributed by atoms with Crippen LogP contribution in [-0.2, 0) is 17.9 Å². The fourth-order valence-corrected chi connectivity index (χ4v) is 6.28. The van der Waals surface area contributed by atoms with Crippen LogP contribution in [0.25, 0.3) is 0 Å². The zero-order chi connectivity index (χ0) is 21.8. The predicted octanol–water partition coefficient (Wildman–Crippen LogP) is 3.59. The topological polar surface area (TPSA) is 81.1 Å². The van der Waals surface area contributed by atoms with Gasteiger partial charge in [0.1, 0.15) is 0 Å². The maximum Gasteiger partial charge on any atom is 0.321 e. The first-order valence-electron chi connectivity index (χ1n) is 10.7. The van der Waals surface area contributed by atoms with Crippen LogP contribution in [0.3, 0.4) is 0 Å². The number of carboxylic acid groups (broad SMARTS) is 1. The van der Waals surface area contributed by atoms with Crippen molar-refractivity contribution >= 4 is 23.8 Å². The summed E-state index contributed by atoms with van der Waals surface area (Å²) in [6, 6.07) is 19.9. The molecule has 0 aliphatic carbocycles. The average Bonchev–Trinajstić information content (AvgIpc) is 3.30. The molecule has 4 atom stereocenters. The van der Waals surface area contributed by atoms with Crippen molar-refractivity contribution in [2.24, 2.45) is 0 Å². The van der Waals surface area contributed by atoms with Crippen molar-refractivity contribution in [2.75, 3.05) is 5.75 Å². The molecule has 2 aromatic rings. The van der Waals surface area contributed by atoms with E-state index in [9.17, 15) is 14.7 Å². The smallest absolute Gasteiger partial charge is 0.321 e. The van der Waals surface area contributed by atoms with E-state index >= 15 is 0 Å². The van der Waals surface area contributed by atoms with E-state index in [0.717, 1.165) is 16.9 Å². The summed E-state index contributed by atoms with van der Waals surface area (Å²) >= 11 is 1.70. The molecule has 4 rings (SSSR count). The summed E-state index contributed by atoms with van der Waals surface area (Å²) in [6.07, 6.45) is 0.280. The van der Waals surface area contributed by atoms with Crippen LogP contribution >= 0.6 is 11.8 Å². The van der Waals surface area contributed by atoms with Gasteiger partial charge in [-0.1, -0.05) is 60.7 Å². The Kier molecular flexibility index (Phi) is 6.83. The van der Waals surface area contributed by atoms with Crippen LogP contribution in [0.15, 0.2) is 60.7 Å². The summed E-state index contributed by atoms with van der Waals surface area (Å²) in [5.74, 6) is -0.0743. The molecule has 2 fully saturated rings. The van der Waals surface area contributed by atoms with Gasteiger partial charge in [-0.3, -0.25) is 4.79 Å². The predicted molar refractivity (Wildman–Crippen MR) is 121 cm³/mol. The van der Waals surface area contributed by atoms with Crippen molar-refractivity contribution < 1.29 is 19.8 Å². The number of urea groups is 1. The molecule has 0 spiro atoms. The molecule has 0 radical (unpaired) electrons. The van der Waals surface area contributed by atoms with Crippen molar-refractivity contribution in [1.82, 2.24) is 9.80 Å². The Morgan fingerprint density at radius 2 is 1.58 bits per heavy atom. The van der Waals surface area contributed by atoms with Gasteiger partial charge in [0.2, 0.25) is 0 Å². The third-order valence-corrected chi connectivity index (χ3v) is 7.62. The molecule has 0 saturated carbocycles. The normalized spacial score (nSPS) is 23.8. The van der Waals surface area contributed by atoms with Crippen LogP contribution in [0.4, 0.5) is 4.79 Å². The number of benzene rings is 2. The second kappa shape index (κ2) is 9.75. The second-order valence-corrected chi connectivity index (χ2v) is 9.43. The Morgan fingerprint density at radius 3 is 2.16 bits per heavy atom. The number of aliphatic hydroxyl groups excluding tert-OH is 1. The van der Waals surface area contributed by atoms with Gasteiger partial charge in [0.25, 0.3) is 0 Å². The first kappa shape index (κ1) is 21.7. The van der Waals surface area contributed by atoms with E-state index in [2.05, 4.69) is 0 Å². The molecule has 7 heteroatoms. The zero-order valence-electron chi connectivity index (χ0n) is 17.3. The van der Waals surface area contributed by atoms with E-state index in [4.69, 9.17) is 5.11 Å². The Labute approximate surface area is 186 Å². The van der Waals surface area contributed by atoms with E-state index in [1.165, 1.54) is 0 Å². The van der Waals surface area contributed by atoms with E-state index in [1.807, 2.05) is 70.5 Å². The highest BCUT2D eigenvalue weighted by atomic mass is 32.2. The SMILES string of the molecule is O=C(O)CCCC(O)[C@H]1SC[C@H]2[C@@H]1N(Cc1ccccc1)C(=O)N2Cc1ccccc1. The lowest BCUT2D eigenvalue weighted by Gasteiger charge is -2.30. The van der Waals surface area contributed by atoms with Gasteiger partial charge in [-0.05, 0) is 24.0 Å². The highest BCUT2D eigenvalue weighted by Gasteiger charge is 2.54. The molecule has 1 unspecified atom stereocenters. The minimum Gasteiger partial charge on any atom is -0.481 e. The molecule has 0 bridgehead atoms. The third kappa shape index (κ3) is 4.88. The number of rotatable bonds is 9. The van der Waals surface area contributed by atoms with Gasteiger partial charge in [0.15, 0.2) is 0 Å². The molecule has 0 aromatic heterocycles. The third-order valence-electron chi connectivity index (χ3n) is 6.10. The molecule has 164 valence electrons. The van der Waals surface area contributed by atoms with Gasteiger partial charge in [-0.2, -0.15) is 11.8 Å². The number of hydrogen-bond acceptors (Lipinski definition) is 4. The number of carbonyl (C=O) groups excluding carboxylic acids is 1. The maximum absolute atomic E-state index is 13.5. The Morgan fingerprint density at radius 1 is 1.00 bits per heavy atom. The minimum absolute atomic E-state index is 0.00532. The molecular weight excluding hydrogens is 412 g/mol. The van der Waals surface area contributed by atoms with Gasteiger partial charge < -0.3 is 20.0 Å². The van der Waals surface area contributed by atoms with Crippen molar-refractivity contribution in [3.8, 4) is 0 Å². The molecule has 2 N–H and O–H groups in total. The maximum atomic E-state index is 13.5. The van der Waals surface area contributed by atoms with Crippen molar-refractivity contribution in [2.45, 2.75) is 55.8 Å². The molecule has 2 amide bonds. The highest BCUT2D eigenvalue weighted by Crippen LogP contribution is 2.43. The van der Waals surface area contributed by atoms with E-state index < -0.39 is 12.1 Å². The summed E-state index contributed by atoms with van der Waals surface area (Å²) in [6.45, 7) is 1.06. The molecule has 2 aliphatic rings. The van der Waals surface area contributed by atoms with Crippen LogP contribution in [-0.4, -0.2) is 61.2 Å². The number of carbonyl (C=O) groups is 2. The summed E-state index contributed by atoms with van der Waals surface area (Å²) in [5, 5.41) is 19.7. The number of aliphatic hydroxyl groups is 1. The number of thioether (sulfide) groups is 1. The summed E-state index contributed by atoms with van der Waals surface area (Å²) in [4.78, 5) is 28.2. The lowest BCUT2D eigenvalue weighted by Crippen LogP contribution is -2.45. The standard InChI is InChI=1S/C24H28N2O4S/c27-20(12-7-13-21(28)29)23-22-19(16-31-23)25(14-17-8-3-1-4-9-17)24(30)26(22)15-18-10-5-2-6-11-18/h1-6,8-11,19-20,22-23,27H,7,12-16H2,(H,28,29)/t19-,20?,22-,23+/m0/s1. The Bertz CT molecular complexity index is 895. The number of hydrogen-bond donors (Lipinski definition) is 2. The number of nitrogens with zero attached hydrogens (tertiary/aromatic N) is 2. The Balaban J connectivity index is 1.55. The number of fused-ring (bicyclic) bond motifs is 1. The molecule has 2 heterocycles. The highest BCUT2D eigenvalue weighted by molar-refractivity contribution is 8.00. The van der Waals surface area contributed by atoms with Crippen LogP contribution in [0.1, 0.15) is 30.4 Å². The first-order chi connectivity index (χ1) is 15.0. The van der Waals surface area contributed by atoms with Crippen LogP contribution in [0.2, 0.25) is 0 Å². The summed E-state index contributed by atoms with van der Waals surface area (Å²) < 4.78 is 0. The largest absolute Gasteiger partial charge is 0.481 e. The van der Waals surface area contributed by atoms with Gasteiger partial charge in [0, 0.05) is 25.3 Å². The first-order valence-corrected chi connectivity index (χ1v) is 11.8. The second-order valence-electron chi connectivity index (χ2n) is 8.22. The Hall–Kier alpha value is -2.51. The number of amides is 2. The summed E-state index contributed by atoms with van der Waals surface area (Å²) in [7, 11) is 0. The quantitative estimate of drug-likeness (QED) is 0.583. The van der Waals surface area contributed by atoms with E-state index in [-0.39, 0.29) is 29.8 Å². The number of aliphatic carboxylic acids is 1. The molecule has 31 heavy (non-hydrogen) atoms. The van der Waals surface area contributed by atoms with Gasteiger partial charge in [-0.15, -0.1) is 0 Å². The van der Waals surface area contributed by atoms with Gasteiger partial charge in [0.05, 0.1) is 23.4 Å². The van der Waals surface area contributed by atoms with Gasteiger partial charge in [-0.25, -0.2) is 4.79 Å². The van der Waals surface area contributed by atoms with Crippen LogP contribution < -0.4 is 0 Å². The molecule has 6 nitrogen and oxygen atoms in total. The minimum atomic E-state index is -0.847. The summed E-state index contributed by atoms with van der Waals surface area (Å²) in [5.41, 5.74) is 2.15. The molecule has 2 aromatic carbocycles. The fourth-order valence-electron chi connectivity index (χ4n) is 4.60. The monoisotopic (exact) mass is 440 g/mol. The van der Waals surface area contributed by atoms with E-state index in [0.29, 0.717) is 25.9 Å². The number of carboxylic acids is 1. The van der Waals surface area contributed by atoms with Gasteiger partial charge >= 0.3 is 12.0 Å². The van der Waals surface area contributed by atoms with E-state index in [1.54, 1.807) is 11.8 Å². The molecule has 2 saturated heterocycles. The van der Waals surface area contributed by atoms with Crippen LogP contribution in [0.5, 0.6) is 0 Å².